The molecule has 0 aliphatic heterocycles. The van der Waals surface area contributed by atoms with Crippen LogP contribution in [0, 0.1) is 3.57 Å². The molecule has 1 amide bonds. The van der Waals surface area contributed by atoms with E-state index in [9.17, 15) is 9.59 Å². The zero-order chi connectivity index (χ0) is 12.8. The Bertz CT molecular complexity index is 442. The van der Waals surface area contributed by atoms with Crippen molar-refractivity contribution in [2.24, 2.45) is 0 Å². The van der Waals surface area contributed by atoms with Crippen LogP contribution >= 0.6 is 46.0 Å². The fourth-order valence-corrected chi connectivity index (χ4v) is 2.45. The lowest BCUT2D eigenvalue weighted by Gasteiger charge is -2.06. The Hall–Kier alpha value is -0.470. The third-order valence-corrected chi connectivity index (χ3v) is 3.57. The van der Waals surface area contributed by atoms with Crippen LogP contribution in [-0.2, 0) is 9.59 Å². The molecule has 0 aromatic heterocycles. The minimum atomic E-state index is -0.935. The van der Waals surface area contributed by atoms with Crippen LogP contribution in [0.3, 0.4) is 0 Å². The van der Waals surface area contributed by atoms with Gasteiger partial charge in [-0.2, -0.15) is 0 Å². The van der Waals surface area contributed by atoms with Gasteiger partial charge in [0, 0.05) is 3.57 Å². The van der Waals surface area contributed by atoms with Gasteiger partial charge in [-0.05, 0) is 40.8 Å². The van der Waals surface area contributed by atoms with Crippen LogP contribution in [0.1, 0.15) is 0 Å². The molecule has 7 heteroatoms. The van der Waals surface area contributed by atoms with E-state index in [-0.39, 0.29) is 17.4 Å². The molecule has 0 radical (unpaired) electrons. The number of rotatable bonds is 5. The first-order valence-corrected chi connectivity index (χ1v) is 7.14. The van der Waals surface area contributed by atoms with Gasteiger partial charge >= 0.3 is 5.97 Å². The van der Waals surface area contributed by atoms with Gasteiger partial charge in [-0.3, -0.25) is 9.59 Å². The number of anilines is 1. The summed E-state index contributed by atoms with van der Waals surface area (Å²) in [7, 11) is 0. The molecule has 17 heavy (non-hydrogen) atoms. The van der Waals surface area contributed by atoms with Crippen LogP contribution in [0.5, 0.6) is 0 Å². The number of benzene rings is 1. The molecular weight excluding hydrogens is 377 g/mol. The number of halogens is 2. The van der Waals surface area contributed by atoms with Gasteiger partial charge in [0.1, 0.15) is 0 Å². The summed E-state index contributed by atoms with van der Waals surface area (Å²) in [5.41, 5.74) is 0.535. The molecule has 0 aliphatic rings. The number of nitrogens with one attached hydrogen (secondary N) is 1. The first-order valence-electron chi connectivity index (χ1n) is 4.53. The number of carboxylic acid groups (broad SMARTS) is 1. The molecule has 0 unspecified atom stereocenters. The van der Waals surface area contributed by atoms with Gasteiger partial charge < -0.3 is 10.4 Å². The number of hydrogen-bond acceptors (Lipinski definition) is 3. The van der Waals surface area contributed by atoms with Crippen LogP contribution in [-0.4, -0.2) is 28.5 Å². The summed E-state index contributed by atoms with van der Waals surface area (Å²) in [4.78, 5) is 21.7. The second-order valence-electron chi connectivity index (χ2n) is 3.06. The summed E-state index contributed by atoms with van der Waals surface area (Å²) in [5.74, 6) is -1.20. The van der Waals surface area contributed by atoms with E-state index in [1.807, 2.05) is 6.07 Å². The average molecular weight is 386 g/mol. The van der Waals surface area contributed by atoms with Crippen LogP contribution in [0.4, 0.5) is 5.69 Å². The van der Waals surface area contributed by atoms with Crippen molar-refractivity contribution in [2.75, 3.05) is 16.8 Å². The molecule has 0 saturated heterocycles. The number of carboxylic acids is 1. The predicted molar refractivity (Wildman–Crippen MR) is 77.8 cm³/mol. The van der Waals surface area contributed by atoms with E-state index < -0.39 is 5.97 Å². The number of aliphatic carboxylic acids is 1. The lowest BCUT2D eigenvalue weighted by Crippen LogP contribution is -2.15. The van der Waals surface area contributed by atoms with Crippen LogP contribution in [0.25, 0.3) is 0 Å². The minimum absolute atomic E-state index is 0.0894. The number of carbonyl (C=O) groups is 2. The normalized spacial score (nSPS) is 10.0. The molecule has 0 saturated carbocycles. The highest BCUT2D eigenvalue weighted by Gasteiger charge is 2.07. The van der Waals surface area contributed by atoms with Gasteiger partial charge in [-0.25, -0.2) is 0 Å². The van der Waals surface area contributed by atoms with Crippen molar-refractivity contribution in [1.29, 1.82) is 0 Å². The molecule has 1 aromatic carbocycles. The summed E-state index contributed by atoms with van der Waals surface area (Å²) in [6.45, 7) is 0. The van der Waals surface area contributed by atoms with Gasteiger partial charge in [0.2, 0.25) is 5.91 Å². The maximum Gasteiger partial charge on any atom is 0.313 e. The SMILES string of the molecule is O=C(O)CSCC(=O)Nc1ccc(I)cc1Cl. The monoisotopic (exact) mass is 385 g/mol. The summed E-state index contributed by atoms with van der Waals surface area (Å²) >= 11 is 9.10. The van der Waals surface area contributed by atoms with E-state index in [2.05, 4.69) is 27.9 Å². The van der Waals surface area contributed by atoms with Gasteiger partial charge in [0.25, 0.3) is 0 Å². The van der Waals surface area contributed by atoms with E-state index in [4.69, 9.17) is 16.7 Å². The van der Waals surface area contributed by atoms with E-state index in [0.717, 1.165) is 15.3 Å². The lowest BCUT2D eigenvalue weighted by molar-refractivity contribution is -0.133. The van der Waals surface area contributed by atoms with E-state index in [0.29, 0.717) is 10.7 Å². The Balaban J connectivity index is 2.48. The molecule has 0 aliphatic carbocycles. The molecular formula is C10H9ClINO3S. The highest BCUT2D eigenvalue weighted by molar-refractivity contribution is 14.1. The Labute approximate surface area is 121 Å². The molecule has 92 valence electrons. The fraction of sp³-hybridized carbons (Fsp3) is 0.200. The van der Waals surface area contributed by atoms with Crippen molar-refractivity contribution in [3.63, 3.8) is 0 Å². The van der Waals surface area contributed by atoms with E-state index >= 15 is 0 Å². The molecule has 4 nitrogen and oxygen atoms in total. The summed E-state index contributed by atoms with van der Waals surface area (Å²) < 4.78 is 0.978. The van der Waals surface area contributed by atoms with Crippen molar-refractivity contribution < 1.29 is 14.7 Å². The van der Waals surface area contributed by atoms with Crippen LogP contribution in [0.15, 0.2) is 18.2 Å². The smallest absolute Gasteiger partial charge is 0.313 e. The third kappa shape index (κ3) is 5.60. The number of thioether (sulfide) groups is 1. The summed E-state index contributed by atoms with van der Waals surface area (Å²) in [6.07, 6.45) is 0. The largest absolute Gasteiger partial charge is 0.481 e. The minimum Gasteiger partial charge on any atom is -0.481 e. The van der Waals surface area contributed by atoms with Crippen molar-refractivity contribution in [3.8, 4) is 0 Å². The zero-order valence-electron chi connectivity index (χ0n) is 8.57. The maximum absolute atomic E-state index is 11.4. The Morgan fingerprint density at radius 3 is 2.71 bits per heavy atom. The van der Waals surface area contributed by atoms with Gasteiger partial charge in [0.15, 0.2) is 0 Å². The predicted octanol–water partition coefficient (Wildman–Crippen LogP) is 2.70. The highest BCUT2D eigenvalue weighted by Crippen LogP contribution is 2.23. The molecule has 1 aromatic rings. The molecule has 0 heterocycles. The standard InChI is InChI=1S/C10H9ClINO3S/c11-7-3-6(12)1-2-8(7)13-9(14)4-17-5-10(15)16/h1-3H,4-5H2,(H,13,14)(H,15,16). The van der Waals surface area contributed by atoms with Crippen molar-refractivity contribution in [2.45, 2.75) is 0 Å². The first-order chi connectivity index (χ1) is 7.99. The second kappa shape index (κ2) is 7.07. The third-order valence-electron chi connectivity index (χ3n) is 1.66. The lowest BCUT2D eigenvalue weighted by atomic mass is 10.3. The van der Waals surface area contributed by atoms with Crippen molar-refractivity contribution in [3.05, 3.63) is 26.8 Å². The molecule has 0 spiro atoms. The average Bonchev–Trinajstić information content (AvgIpc) is 2.21. The molecule has 1 rings (SSSR count). The van der Waals surface area contributed by atoms with Gasteiger partial charge in [-0.15, -0.1) is 11.8 Å². The fourth-order valence-electron chi connectivity index (χ4n) is 1.01. The van der Waals surface area contributed by atoms with E-state index in [1.54, 1.807) is 12.1 Å². The van der Waals surface area contributed by atoms with Crippen LogP contribution in [0.2, 0.25) is 5.02 Å². The number of hydrogen-bond donors (Lipinski definition) is 2. The molecule has 0 fully saturated rings. The summed E-state index contributed by atoms with van der Waals surface area (Å²) in [5, 5.41) is 11.5. The Morgan fingerprint density at radius 1 is 1.41 bits per heavy atom. The quantitative estimate of drug-likeness (QED) is 0.765. The van der Waals surface area contributed by atoms with Gasteiger partial charge in [0.05, 0.1) is 22.2 Å². The number of carbonyl (C=O) groups excluding carboxylic acids is 1. The topological polar surface area (TPSA) is 66.4 Å². The van der Waals surface area contributed by atoms with E-state index in [1.165, 1.54) is 0 Å². The van der Waals surface area contributed by atoms with Crippen molar-refractivity contribution >= 4 is 63.5 Å². The second-order valence-corrected chi connectivity index (χ2v) is 5.70. The Kier molecular flexibility index (Phi) is 6.07. The highest BCUT2D eigenvalue weighted by atomic mass is 127. The summed E-state index contributed by atoms with van der Waals surface area (Å²) in [6, 6.07) is 5.28. The number of amides is 1. The molecule has 0 atom stereocenters. The molecule has 0 bridgehead atoms. The maximum atomic E-state index is 11.4. The first kappa shape index (κ1) is 14.6. The van der Waals surface area contributed by atoms with Crippen LogP contribution < -0.4 is 5.32 Å². The molecule has 2 N–H and O–H groups in total. The van der Waals surface area contributed by atoms with Crippen molar-refractivity contribution in [1.82, 2.24) is 0 Å². The van der Waals surface area contributed by atoms with Gasteiger partial charge in [-0.1, -0.05) is 11.6 Å². The Morgan fingerprint density at radius 2 is 2.12 bits per heavy atom. The zero-order valence-corrected chi connectivity index (χ0v) is 12.3.